The third-order valence-electron chi connectivity index (χ3n) is 3.69. The van der Waals surface area contributed by atoms with E-state index in [4.69, 9.17) is 5.11 Å². The van der Waals surface area contributed by atoms with Gasteiger partial charge in [0.15, 0.2) is 0 Å². The highest BCUT2D eigenvalue weighted by atomic mass is 79.9. The van der Waals surface area contributed by atoms with E-state index in [0.29, 0.717) is 12.1 Å². The fraction of sp³-hybridized carbons (Fsp3) is 0.188. The Labute approximate surface area is 130 Å². The van der Waals surface area contributed by atoms with Crippen molar-refractivity contribution >= 4 is 27.6 Å². The van der Waals surface area contributed by atoms with Crippen molar-refractivity contribution in [3.63, 3.8) is 0 Å². The molecule has 0 fully saturated rings. The fourth-order valence-electron chi connectivity index (χ4n) is 2.64. The summed E-state index contributed by atoms with van der Waals surface area (Å²) >= 11 is 3.44. The van der Waals surface area contributed by atoms with Gasteiger partial charge in [0.2, 0.25) is 0 Å². The van der Waals surface area contributed by atoms with Gasteiger partial charge in [-0.25, -0.2) is 9.18 Å². The molecule has 0 radical (unpaired) electrons. The third kappa shape index (κ3) is 2.78. The first-order valence-corrected chi connectivity index (χ1v) is 7.39. The van der Waals surface area contributed by atoms with E-state index in [0.717, 1.165) is 34.3 Å². The molecule has 1 aliphatic heterocycles. The number of fused-ring (bicyclic) bond motifs is 1. The van der Waals surface area contributed by atoms with Gasteiger partial charge in [0.25, 0.3) is 0 Å². The van der Waals surface area contributed by atoms with Gasteiger partial charge in [0, 0.05) is 23.2 Å². The average Bonchev–Trinajstić information content (AvgIpc) is 2.85. The summed E-state index contributed by atoms with van der Waals surface area (Å²) in [4.78, 5) is 13.1. The summed E-state index contributed by atoms with van der Waals surface area (Å²) in [6.45, 7) is 1.40. The first kappa shape index (κ1) is 14.1. The molecule has 108 valence electrons. The van der Waals surface area contributed by atoms with Crippen molar-refractivity contribution < 1.29 is 14.3 Å². The lowest BCUT2D eigenvalue weighted by molar-refractivity contribution is 0.0697. The number of anilines is 1. The predicted molar refractivity (Wildman–Crippen MR) is 82.3 cm³/mol. The summed E-state index contributed by atoms with van der Waals surface area (Å²) in [7, 11) is 0. The second-order valence-electron chi connectivity index (χ2n) is 5.06. The van der Waals surface area contributed by atoms with Gasteiger partial charge in [0.1, 0.15) is 5.82 Å². The van der Waals surface area contributed by atoms with Gasteiger partial charge in [-0.2, -0.15) is 0 Å². The number of aromatic carboxylic acids is 1. The van der Waals surface area contributed by atoms with Gasteiger partial charge in [0.05, 0.1) is 5.56 Å². The first-order valence-electron chi connectivity index (χ1n) is 6.59. The number of carbonyl (C=O) groups is 1. The Balaban J connectivity index is 1.88. The van der Waals surface area contributed by atoms with Crippen molar-refractivity contribution in [2.24, 2.45) is 0 Å². The van der Waals surface area contributed by atoms with Crippen LogP contribution in [0.2, 0.25) is 0 Å². The summed E-state index contributed by atoms with van der Waals surface area (Å²) in [5.41, 5.74) is 3.24. The molecule has 0 unspecified atom stereocenters. The Bertz CT molecular complexity index is 717. The lowest BCUT2D eigenvalue weighted by Crippen LogP contribution is -2.20. The summed E-state index contributed by atoms with van der Waals surface area (Å²) < 4.78 is 14.2. The van der Waals surface area contributed by atoms with E-state index < -0.39 is 5.97 Å². The summed E-state index contributed by atoms with van der Waals surface area (Å²) in [5, 5.41) is 9.02. The van der Waals surface area contributed by atoms with Crippen LogP contribution in [0.1, 0.15) is 21.5 Å². The molecule has 0 amide bonds. The molecule has 0 aromatic heterocycles. The third-order valence-corrected chi connectivity index (χ3v) is 4.46. The summed E-state index contributed by atoms with van der Waals surface area (Å²) in [5.74, 6) is -1.17. The van der Waals surface area contributed by atoms with Crippen molar-refractivity contribution in [3.8, 4) is 0 Å². The van der Waals surface area contributed by atoms with Crippen LogP contribution < -0.4 is 4.90 Å². The Morgan fingerprint density at radius 3 is 2.86 bits per heavy atom. The molecule has 21 heavy (non-hydrogen) atoms. The zero-order valence-electron chi connectivity index (χ0n) is 11.1. The van der Waals surface area contributed by atoms with Gasteiger partial charge in [-0.3, -0.25) is 0 Å². The van der Waals surface area contributed by atoms with Gasteiger partial charge < -0.3 is 10.0 Å². The second-order valence-corrected chi connectivity index (χ2v) is 5.91. The number of hydrogen-bond acceptors (Lipinski definition) is 2. The van der Waals surface area contributed by atoms with E-state index in [9.17, 15) is 9.18 Å². The molecule has 5 heteroatoms. The number of carboxylic acid groups (broad SMARTS) is 1. The molecule has 1 aliphatic rings. The van der Waals surface area contributed by atoms with Crippen LogP contribution in [0, 0.1) is 5.82 Å². The van der Waals surface area contributed by atoms with E-state index in [1.807, 2.05) is 6.07 Å². The highest BCUT2D eigenvalue weighted by molar-refractivity contribution is 9.10. The molecule has 1 N–H and O–H groups in total. The zero-order valence-corrected chi connectivity index (χ0v) is 12.7. The van der Waals surface area contributed by atoms with Crippen molar-refractivity contribution in [3.05, 3.63) is 63.4 Å². The van der Waals surface area contributed by atoms with E-state index in [-0.39, 0.29) is 5.82 Å². The van der Waals surface area contributed by atoms with Gasteiger partial charge in [-0.05, 0) is 53.9 Å². The summed E-state index contributed by atoms with van der Waals surface area (Å²) in [6, 6.07) is 9.81. The van der Waals surface area contributed by atoms with Crippen LogP contribution in [0.4, 0.5) is 10.1 Å². The quantitative estimate of drug-likeness (QED) is 0.914. The van der Waals surface area contributed by atoms with Gasteiger partial charge in [-0.1, -0.05) is 15.9 Å². The lowest BCUT2D eigenvalue weighted by atomic mass is 10.1. The van der Waals surface area contributed by atoms with Gasteiger partial charge in [-0.15, -0.1) is 0 Å². The van der Waals surface area contributed by atoms with Crippen molar-refractivity contribution in [1.82, 2.24) is 0 Å². The molecule has 3 rings (SSSR count). The van der Waals surface area contributed by atoms with Crippen LogP contribution in [0.15, 0.2) is 40.9 Å². The minimum atomic E-state index is -0.913. The minimum Gasteiger partial charge on any atom is -0.478 e. The summed E-state index contributed by atoms with van der Waals surface area (Å²) in [6.07, 6.45) is 0.809. The molecule has 2 aromatic rings. The van der Waals surface area contributed by atoms with Crippen molar-refractivity contribution in [2.45, 2.75) is 13.0 Å². The number of rotatable bonds is 3. The standard InChI is InChI=1S/C16H13BrFNO2/c17-14-3-2-13(18)8-12(14)9-19-6-5-10-7-11(16(20)21)1-4-15(10)19/h1-4,7-8H,5-6,9H2,(H,20,21). The van der Waals surface area contributed by atoms with E-state index in [2.05, 4.69) is 20.8 Å². The number of benzene rings is 2. The lowest BCUT2D eigenvalue weighted by Gasteiger charge is -2.20. The highest BCUT2D eigenvalue weighted by Crippen LogP contribution is 2.31. The Morgan fingerprint density at radius 1 is 1.29 bits per heavy atom. The molecule has 0 atom stereocenters. The molecule has 0 bridgehead atoms. The molecule has 0 saturated carbocycles. The molecular weight excluding hydrogens is 337 g/mol. The SMILES string of the molecule is O=C(O)c1ccc2c(c1)CCN2Cc1cc(F)ccc1Br. The van der Waals surface area contributed by atoms with Crippen LogP contribution in [0.5, 0.6) is 0 Å². The minimum absolute atomic E-state index is 0.256. The molecule has 1 heterocycles. The number of hydrogen-bond donors (Lipinski definition) is 1. The largest absolute Gasteiger partial charge is 0.478 e. The molecule has 0 aliphatic carbocycles. The first-order chi connectivity index (χ1) is 10.0. The Hall–Kier alpha value is -1.88. The molecule has 0 saturated heterocycles. The maximum Gasteiger partial charge on any atom is 0.335 e. The van der Waals surface area contributed by atoms with E-state index in [1.165, 1.54) is 12.1 Å². The predicted octanol–water partition coefficient (Wildman–Crippen LogP) is 3.85. The maximum absolute atomic E-state index is 13.4. The van der Waals surface area contributed by atoms with Crippen molar-refractivity contribution in [1.29, 1.82) is 0 Å². The fourth-order valence-corrected chi connectivity index (χ4v) is 3.01. The zero-order chi connectivity index (χ0) is 15.0. The Kier molecular flexibility index (Phi) is 3.68. The monoisotopic (exact) mass is 349 g/mol. The van der Waals surface area contributed by atoms with E-state index in [1.54, 1.807) is 18.2 Å². The molecule has 3 nitrogen and oxygen atoms in total. The van der Waals surface area contributed by atoms with Crippen LogP contribution in [-0.4, -0.2) is 17.6 Å². The number of carboxylic acids is 1. The van der Waals surface area contributed by atoms with Gasteiger partial charge >= 0.3 is 5.97 Å². The number of halogens is 2. The Morgan fingerprint density at radius 2 is 2.10 bits per heavy atom. The molecular formula is C16H13BrFNO2. The smallest absolute Gasteiger partial charge is 0.335 e. The molecule has 0 spiro atoms. The van der Waals surface area contributed by atoms with Crippen LogP contribution >= 0.6 is 15.9 Å². The number of nitrogens with zero attached hydrogens (tertiary/aromatic N) is 1. The highest BCUT2D eigenvalue weighted by Gasteiger charge is 2.21. The normalized spacial score (nSPS) is 13.3. The topological polar surface area (TPSA) is 40.5 Å². The second kappa shape index (κ2) is 5.48. The van der Waals surface area contributed by atoms with Crippen LogP contribution in [0.3, 0.4) is 0 Å². The molecule has 2 aromatic carbocycles. The van der Waals surface area contributed by atoms with E-state index >= 15 is 0 Å². The average molecular weight is 350 g/mol. The van der Waals surface area contributed by atoms with Crippen molar-refractivity contribution in [2.75, 3.05) is 11.4 Å². The maximum atomic E-state index is 13.4. The van der Waals surface area contributed by atoms with Crippen LogP contribution in [0.25, 0.3) is 0 Å². The van der Waals surface area contributed by atoms with Crippen LogP contribution in [-0.2, 0) is 13.0 Å².